The van der Waals surface area contributed by atoms with Crippen LogP contribution in [0.3, 0.4) is 0 Å². The average molecular weight is 569 g/mol. The first-order valence-electron chi connectivity index (χ1n) is 14.9. The minimum atomic E-state index is -0.379. The van der Waals surface area contributed by atoms with Crippen molar-refractivity contribution < 1.29 is 9.59 Å². The summed E-state index contributed by atoms with van der Waals surface area (Å²) in [4.78, 5) is 29.4. The van der Waals surface area contributed by atoms with Crippen molar-refractivity contribution in [3.05, 3.63) is 70.8 Å². The zero-order valence-electron chi connectivity index (χ0n) is 25.4. The normalized spacial score (nSPS) is 11.3. The monoisotopic (exact) mass is 568 g/mol. The summed E-state index contributed by atoms with van der Waals surface area (Å²) in [6.07, 6.45) is 6.49. The molecule has 0 atom stereocenters. The predicted octanol–water partition coefficient (Wildman–Crippen LogP) is 5.69. The van der Waals surface area contributed by atoms with E-state index in [-0.39, 0.29) is 23.0 Å². The van der Waals surface area contributed by atoms with Crippen molar-refractivity contribution in [2.45, 2.75) is 53.4 Å². The van der Waals surface area contributed by atoms with E-state index in [0.29, 0.717) is 13.1 Å². The van der Waals surface area contributed by atoms with E-state index in [1.807, 2.05) is 60.7 Å². The van der Waals surface area contributed by atoms with Gasteiger partial charge in [-0.05, 0) is 88.1 Å². The molecule has 0 fully saturated rings. The van der Waals surface area contributed by atoms with Crippen LogP contribution < -0.4 is 20.4 Å². The number of unbranched alkanes of at least 4 members (excludes halogenated alkanes) is 3. The largest absolute Gasteiger partial charge is 0.372 e. The summed E-state index contributed by atoms with van der Waals surface area (Å²) in [6.45, 7) is 13.0. The molecular formula is C34H44N6O2. The quantitative estimate of drug-likeness (QED) is 0.144. The Balaban J connectivity index is 1.70. The van der Waals surface area contributed by atoms with Gasteiger partial charge in [0, 0.05) is 50.6 Å². The number of hydrogen-bond acceptors (Lipinski definition) is 6. The fourth-order valence-corrected chi connectivity index (χ4v) is 4.57. The molecule has 2 amide bonds. The van der Waals surface area contributed by atoms with Gasteiger partial charge in [0.15, 0.2) is 0 Å². The summed E-state index contributed by atoms with van der Waals surface area (Å²) in [6, 6.07) is 19.6. The van der Waals surface area contributed by atoms with E-state index in [2.05, 4.69) is 48.1 Å². The molecule has 8 nitrogen and oxygen atoms in total. The highest BCUT2D eigenvalue weighted by atomic mass is 16.2. The third-order valence-corrected chi connectivity index (χ3v) is 7.07. The second-order valence-corrected chi connectivity index (χ2v) is 9.79. The van der Waals surface area contributed by atoms with Crippen LogP contribution in [0, 0.1) is 22.7 Å². The van der Waals surface area contributed by atoms with Crippen molar-refractivity contribution in [3.8, 4) is 12.1 Å². The zero-order chi connectivity index (χ0) is 30.7. The number of carbonyl (C=O) groups excluding carboxylic acids is 2. The molecule has 0 saturated carbocycles. The van der Waals surface area contributed by atoms with Crippen LogP contribution in [0.4, 0.5) is 11.4 Å². The van der Waals surface area contributed by atoms with Gasteiger partial charge in [-0.3, -0.25) is 9.59 Å². The number of rotatable bonds is 17. The number of nitriles is 2. The lowest BCUT2D eigenvalue weighted by atomic mass is 10.1. The lowest BCUT2D eigenvalue weighted by molar-refractivity contribution is -0.117. The van der Waals surface area contributed by atoms with E-state index < -0.39 is 0 Å². The lowest BCUT2D eigenvalue weighted by Crippen LogP contribution is -2.26. The van der Waals surface area contributed by atoms with Crippen LogP contribution in [-0.2, 0) is 9.59 Å². The van der Waals surface area contributed by atoms with Crippen molar-refractivity contribution in [2.24, 2.45) is 0 Å². The molecule has 0 saturated heterocycles. The molecule has 2 aromatic rings. The molecule has 0 aliphatic carbocycles. The summed E-state index contributed by atoms with van der Waals surface area (Å²) in [5.41, 5.74) is 3.99. The van der Waals surface area contributed by atoms with Crippen LogP contribution in [0.5, 0.6) is 0 Å². The van der Waals surface area contributed by atoms with Gasteiger partial charge in [0.25, 0.3) is 11.8 Å². The van der Waals surface area contributed by atoms with E-state index in [0.717, 1.165) is 74.4 Å². The number of nitrogens with zero attached hydrogens (tertiary/aromatic N) is 4. The SMILES string of the molecule is CCN(CC)c1ccc(/C=C(\C#N)C(=O)NCCCCCCNC(=O)/C(C#N)=C/c2ccc(N(CC)CC)cc2)cc1. The highest BCUT2D eigenvalue weighted by Crippen LogP contribution is 2.18. The Morgan fingerprint density at radius 3 is 1.24 bits per heavy atom. The van der Waals surface area contributed by atoms with Crippen LogP contribution in [0.25, 0.3) is 12.2 Å². The molecule has 42 heavy (non-hydrogen) atoms. The van der Waals surface area contributed by atoms with Crippen LogP contribution in [0.1, 0.15) is 64.5 Å². The second-order valence-electron chi connectivity index (χ2n) is 9.79. The molecule has 0 unspecified atom stereocenters. The molecular weight excluding hydrogens is 524 g/mol. The summed E-state index contributed by atoms with van der Waals surface area (Å²) in [5, 5.41) is 24.6. The Kier molecular flexibility index (Phi) is 15.0. The fourth-order valence-electron chi connectivity index (χ4n) is 4.57. The third-order valence-electron chi connectivity index (χ3n) is 7.07. The summed E-state index contributed by atoms with van der Waals surface area (Å²) in [5.74, 6) is -0.757. The number of benzene rings is 2. The smallest absolute Gasteiger partial charge is 0.261 e. The molecule has 0 aliphatic heterocycles. The maximum atomic E-state index is 12.5. The van der Waals surface area contributed by atoms with Gasteiger partial charge in [-0.25, -0.2) is 0 Å². The van der Waals surface area contributed by atoms with Crippen LogP contribution in [0.15, 0.2) is 59.7 Å². The summed E-state index contributed by atoms with van der Waals surface area (Å²) >= 11 is 0. The maximum Gasteiger partial charge on any atom is 0.261 e. The number of carbonyl (C=O) groups is 2. The standard InChI is InChI=1S/C34H44N6O2/c1-5-39(6-2)31-17-13-27(14-18-31)23-29(25-35)33(41)37-21-11-9-10-12-22-38-34(42)30(26-36)24-28-15-19-32(20-16-28)40(7-3)8-4/h13-20,23-24H,5-12,21-22H2,1-4H3,(H,37,41)(H,38,42)/b29-23+,30-24+. The molecule has 0 heterocycles. The van der Waals surface area contributed by atoms with Crippen molar-refractivity contribution in [1.29, 1.82) is 10.5 Å². The first-order chi connectivity index (χ1) is 20.4. The van der Waals surface area contributed by atoms with E-state index >= 15 is 0 Å². The van der Waals surface area contributed by atoms with Crippen LogP contribution in [-0.4, -0.2) is 51.1 Å². The Morgan fingerprint density at radius 1 is 0.619 bits per heavy atom. The molecule has 8 heteroatoms. The molecule has 0 spiro atoms. The number of anilines is 2. The Morgan fingerprint density at radius 2 is 0.952 bits per heavy atom. The van der Waals surface area contributed by atoms with E-state index in [4.69, 9.17) is 0 Å². The topological polar surface area (TPSA) is 112 Å². The molecule has 0 aliphatic rings. The van der Waals surface area contributed by atoms with E-state index in [9.17, 15) is 20.1 Å². The van der Waals surface area contributed by atoms with Gasteiger partial charge in [-0.1, -0.05) is 37.1 Å². The number of nitrogens with one attached hydrogen (secondary N) is 2. The Labute approximate surface area is 251 Å². The van der Waals surface area contributed by atoms with Crippen molar-refractivity contribution in [1.82, 2.24) is 10.6 Å². The first-order valence-corrected chi connectivity index (χ1v) is 14.9. The first kappa shape index (κ1) is 33.6. The Bertz CT molecular complexity index is 1170. The molecule has 0 bridgehead atoms. The summed E-state index contributed by atoms with van der Waals surface area (Å²) < 4.78 is 0. The average Bonchev–Trinajstić information content (AvgIpc) is 3.02. The highest BCUT2D eigenvalue weighted by molar-refractivity contribution is 6.02. The third kappa shape index (κ3) is 10.8. The predicted molar refractivity (Wildman–Crippen MR) is 172 cm³/mol. The van der Waals surface area contributed by atoms with Crippen LogP contribution >= 0.6 is 0 Å². The van der Waals surface area contributed by atoms with Crippen molar-refractivity contribution in [3.63, 3.8) is 0 Å². The zero-order valence-corrected chi connectivity index (χ0v) is 25.4. The minimum Gasteiger partial charge on any atom is -0.372 e. The lowest BCUT2D eigenvalue weighted by Gasteiger charge is -2.20. The van der Waals surface area contributed by atoms with Crippen molar-refractivity contribution >= 4 is 35.3 Å². The van der Waals surface area contributed by atoms with Gasteiger partial charge in [-0.15, -0.1) is 0 Å². The second kappa shape index (κ2) is 18.7. The maximum absolute atomic E-state index is 12.5. The fraction of sp³-hybridized carbons (Fsp3) is 0.412. The van der Waals surface area contributed by atoms with Crippen molar-refractivity contribution in [2.75, 3.05) is 49.1 Å². The Hall–Kier alpha value is -4.56. The highest BCUT2D eigenvalue weighted by Gasteiger charge is 2.10. The number of hydrogen-bond donors (Lipinski definition) is 2. The van der Waals surface area contributed by atoms with Gasteiger partial charge in [0.1, 0.15) is 23.3 Å². The molecule has 222 valence electrons. The van der Waals surface area contributed by atoms with E-state index in [1.54, 1.807) is 12.2 Å². The van der Waals surface area contributed by atoms with Gasteiger partial charge in [-0.2, -0.15) is 10.5 Å². The molecule has 0 radical (unpaired) electrons. The molecule has 0 aromatic heterocycles. The van der Waals surface area contributed by atoms with Gasteiger partial charge < -0.3 is 20.4 Å². The van der Waals surface area contributed by atoms with Crippen LogP contribution in [0.2, 0.25) is 0 Å². The van der Waals surface area contributed by atoms with Gasteiger partial charge >= 0.3 is 0 Å². The molecule has 2 rings (SSSR count). The van der Waals surface area contributed by atoms with Gasteiger partial charge in [0.2, 0.25) is 0 Å². The molecule has 2 aromatic carbocycles. The van der Waals surface area contributed by atoms with E-state index in [1.165, 1.54) is 0 Å². The molecule has 2 N–H and O–H groups in total. The summed E-state index contributed by atoms with van der Waals surface area (Å²) in [7, 11) is 0. The van der Waals surface area contributed by atoms with Gasteiger partial charge in [0.05, 0.1) is 0 Å². The number of amides is 2. The minimum absolute atomic E-state index is 0.0782.